The average molecular weight is 345 g/mol. The van der Waals surface area contributed by atoms with E-state index in [-0.39, 0.29) is 17.7 Å². The van der Waals surface area contributed by atoms with E-state index < -0.39 is 23.8 Å². The molecule has 0 heterocycles. The summed E-state index contributed by atoms with van der Waals surface area (Å²) in [4.78, 5) is 35.9. The Balaban J connectivity index is 1.65. The van der Waals surface area contributed by atoms with Gasteiger partial charge in [0.2, 0.25) is 5.91 Å². The fraction of sp³-hybridized carbons (Fsp3) is 0.526. The molecule has 2 saturated carbocycles. The number of benzene rings is 1. The molecular weight excluding hydrogens is 322 g/mol. The van der Waals surface area contributed by atoms with Gasteiger partial charge in [0.05, 0.1) is 24.0 Å². The van der Waals surface area contributed by atoms with Gasteiger partial charge in [-0.15, -0.1) is 0 Å². The number of hydrogen-bond donors (Lipinski definition) is 2. The number of carbonyl (C=O) groups excluding carboxylic acids is 2. The van der Waals surface area contributed by atoms with Crippen LogP contribution in [0.3, 0.4) is 0 Å². The van der Waals surface area contributed by atoms with Crippen molar-refractivity contribution in [1.82, 2.24) is 0 Å². The van der Waals surface area contributed by atoms with E-state index in [1.54, 1.807) is 24.3 Å². The SMILES string of the molecule is CCCOC(=O)c1ccc(NC(=O)[C@H]2[C@H]3CC[C@@H](C3)[C@@H]2C(=O)O)cc1. The molecule has 0 radical (unpaired) electrons. The summed E-state index contributed by atoms with van der Waals surface area (Å²) in [6.45, 7) is 2.30. The highest BCUT2D eigenvalue weighted by Gasteiger charge is 2.53. The Kier molecular flexibility index (Phi) is 5.06. The third kappa shape index (κ3) is 3.52. The lowest BCUT2D eigenvalue weighted by Gasteiger charge is -2.27. The van der Waals surface area contributed by atoms with Crippen molar-refractivity contribution in [1.29, 1.82) is 0 Å². The molecule has 0 unspecified atom stereocenters. The molecule has 2 N–H and O–H groups in total. The van der Waals surface area contributed by atoms with Gasteiger partial charge in [-0.2, -0.15) is 0 Å². The number of esters is 1. The first-order valence-electron chi connectivity index (χ1n) is 8.82. The van der Waals surface area contributed by atoms with Crippen molar-refractivity contribution in [3.63, 3.8) is 0 Å². The molecule has 6 nitrogen and oxygen atoms in total. The molecule has 1 aromatic rings. The second-order valence-electron chi connectivity index (χ2n) is 6.93. The second-order valence-corrected chi connectivity index (χ2v) is 6.93. The third-order valence-corrected chi connectivity index (χ3v) is 5.33. The van der Waals surface area contributed by atoms with Gasteiger partial charge in [-0.1, -0.05) is 6.92 Å². The number of rotatable bonds is 6. The van der Waals surface area contributed by atoms with Gasteiger partial charge < -0.3 is 15.2 Å². The molecule has 0 aromatic heterocycles. The molecule has 4 atom stereocenters. The minimum absolute atomic E-state index is 0.119. The van der Waals surface area contributed by atoms with Crippen molar-refractivity contribution in [2.75, 3.05) is 11.9 Å². The lowest BCUT2D eigenvalue weighted by Crippen LogP contribution is -2.37. The fourth-order valence-corrected chi connectivity index (χ4v) is 4.22. The molecule has 0 aliphatic heterocycles. The van der Waals surface area contributed by atoms with E-state index in [4.69, 9.17) is 4.74 Å². The van der Waals surface area contributed by atoms with E-state index in [1.807, 2.05) is 6.92 Å². The first-order valence-corrected chi connectivity index (χ1v) is 8.82. The van der Waals surface area contributed by atoms with Crippen LogP contribution in [0.5, 0.6) is 0 Å². The van der Waals surface area contributed by atoms with Crippen LogP contribution in [-0.4, -0.2) is 29.6 Å². The number of anilines is 1. The van der Waals surface area contributed by atoms with Crippen LogP contribution in [0, 0.1) is 23.7 Å². The number of aliphatic carboxylic acids is 1. The summed E-state index contributed by atoms with van der Waals surface area (Å²) in [5, 5.41) is 12.3. The predicted octanol–water partition coefficient (Wildman–Crippen LogP) is 2.94. The number of nitrogens with one attached hydrogen (secondary N) is 1. The number of carbonyl (C=O) groups is 3. The Morgan fingerprint density at radius 1 is 1.12 bits per heavy atom. The average Bonchev–Trinajstić information content (AvgIpc) is 3.21. The summed E-state index contributed by atoms with van der Waals surface area (Å²) in [6, 6.07) is 6.49. The zero-order chi connectivity index (χ0) is 18.0. The van der Waals surface area contributed by atoms with Gasteiger partial charge in [-0.25, -0.2) is 4.79 Å². The van der Waals surface area contributed by atoms with Crippen molar-refractivity contribution in [3.8, 4) is 0 Å². The van der Waals surface area contributed by atoms with Gasteiger partial charge in [-0.3, -0.25) is 9.59 Å². The molecular formula is C19H23NO5. The highest BCUT2D eigenvalue weighted by molar-refractivity contribution is 5.96. The maximum Gasteiger partial charge on any atom is 0.338 e. The monoisotopic (exact) mass is 345 g/mol. The normalized spacial score (nSPS) is 27.1. The van der Waals surface area contributed by atoms with E-state index in [9.17, 15) is 19.5 Å². The summed E-state index contributed by atoms with van der Waals surface area (Å²) < 4.78 is 5.06. The first-order chi connectivity index (χ1) is 12.0. The van der Waals surface area contributed by atoms with E-state index in [0.29, 0.717) is 17.9 Å². The summed E-state index contributed by atoms with van der Waals surface area (Å²) in [5.74, 6) is -2.27. The molecule has 0 spiro atoms. The van der Waals surface area contributed by atoms with Crippen molar-refractivity contribution in [2.24, 2.45) is 23.7 Å². The van der Waals surface area contributed by atoms with E-state index in [0.717, 1.165) is 25.7 Å². The number of amides is 1. The summed E-state index contributed by atoms with van der Waals surface area (Å²) in [6.07, 6.45) is 3.42. The second kappa shape index (κ2) is 7.25. The van der Waals surface area contributed by atoms with Crippen LogP contribution in [0.2, 0.25) is 0 Å². The standard InChI is InChI=1S/C19H23NO5/c1-2-9-25-19(24)11-5-7-14(8-6-11)20-17(21)15-12-3-4-13(10-12)16(15)18(22)23/h5-8,12-13,15-16H,2-4,9-10H2,1H3,(H,20,21)(H,22,23)/t12-,13-,15-,16-/m0/s1. The van der Waals surface area contributed by atoms with Gasteiger partial charge in [0.1, 0.15) is 0 Å². The summed E-state index contributed by atoms with van der Waals surface area (Å²) in [7, 11) is 0. The Hall–Kier alpha value is -2.37. The third-order valence-electron chi connectivity index (χ3n) is 5.33. The van der Waals surface area contributed by atoms with E-state index in [2.05, 4.69) is 5.32 Å². The number of carboxylic acid groups (broad SMARTS) is 1. The number of ether oxygens (including phenoxy) is 1. The van der Waals surface area contributed by atoms with Crippen LogP contribution in [0.15, 0.2) is 24.3 Å². The van der Waals surface area contributed by atoms with Crippen LogP contribution in [-0.2, 0) is 14.3 Å². The van der Waals surface area contributed by atoms with Crippen molar-refractivity contribution < 1.29 is 24.2 Å². The van der Waals surface area contributed by atoms with E-state index in [1.165, 1.54) is 0 Å². The van der Waals surface area contributed by atoms with Crippen LogP contribution < -0.4 is 5.32 Å². The van der Waals surface area contributed by atoms with Gasteiger partial charge in [0.15, 0.2) is 0 Å². The Bertz CT molecular complexity index is 669. The largest absolute Gasteiger partial charge is 0.481 e. The van der Waals surface area contributed by atoms with Crippen LogP contribution in [0.25, 0.3) is 0 Å². The molecule has 1 aromatic carbocycles. The molecule has 0 saturated heterocycles. The lowest BCUT2D eigenvalue weighted by atomic mass is 9.78. The first kappa shape index (κ1) is 17.5. The maximum atomic E-state index is 12.6. The molecule has 134 valence electrons. The lowest BCUT2D eigenvalue weighted by molar-refractivity contribution is -0.148. The highest BCUT2D eigenvalue weighted by atomic mass is 16.5. The van der Waals surface area contributed by atoms with Gasteiger partial charge in [-0.05, 0) is 61.8 Å². The van der Waals surface area contributed by atoms with E-state index >= 15 is 0 Å². The molecule has 2 bridgehead atoms. The Labute approximate surface area is 146 Å². The smallest absolute Gasteiger partial charge is 0.338 e. The topological polar surface area (TPSA) is 92.7 Å². The minimum Gasteiger partial charge on any atom is -0.481 e. The van der Waals surface area contributed by atoms with Crippen molar-refractivity contribution in [2.45, 2.75) is 32.6 Å². The molecule has 3 rings (SSSR count). The predicted molar refractivity (Wildman–Crippen MR) is 91.1 cm³/mol. The molecule has 25 heavy (non-hydrogen) atoms. The zero-order valence-corrected chi connectivity index (χ0v) is 14.2. The van der Waals surface area contributed by atoms with Crippen LogP contribution in [0.4, 0.5) is 5.69 Å². The maximum absolute atomic E-state index is 12.6. The Morgan fingerprint density at radius 3 is 2.36 bits per heavy atom. The van der Waals surface area contributed by atoms with Gasteiger partial charge in [0.25, 0.3) is 0 Å². The molecule has 6 heteroatoms. The molecule has 2 aliphatic rings. The molecule has 1 amide bonds. The number of hydrogen-bond acceptors (Lipinski definition) is 4. The molecule has 2 fully saturated rings. The number of fused-ring (bicyclic) bond motifs is 2. The summed E-state index contributed by atoms with van der Waals surface area (Å²) >= 11 is 0. The fourth-order valence-electron chi connectivity index (χ4n) is 4.22. The van der Waals surface area contributed by atoms with Crippen molar-refractivity contribution in [3.05, 3.63) is 29.8 Å². The summed E-state index contributed by atoms with van der Waals surface area (Å²) in [5.41, 5.74) is 0.985. The van der Waals surface area contributed by atoms with Gasteiger partial charge >= 0.3 is 11.9 Å². The molecule has 2 aliphatic carbocycles. The number of carboxylic acids is 1. The minimum atomic E-state index is -0.874. The van der Waals surface area contributed by atoms with Crippen molar-refractivity contribution >= 4 is 23.5 Å². The van der Waals surface area contributed by atoms with Crippen LogP contribution in [0.1, 0.15) is 43.0 Å². The zero-order valence-electron chi connectivity index (χ0n) is 14.2. The highest BCUT2D eigenvalue weighted by Crippen LogP contribution is 2.52. The van der Waals surface area contributed by atoms with Gasteiger partial charge in [0, 0.05) is 5.69 Å². The van der Waals surface area contributed by atoms with Crippen LogP contribution >= 0.6 is 0 Å². The quantitative estimate of drug-likeness (QED) is 0.773. The Morgan fingerprint density at radius 2 is 1.76 bits per heavy atom.